The summed E-state index contributed by atoms with van der Waals surface area (Å²) in [6.07, 6.45) is 2.73. The van der Waals surface area contributed by atoms with Gasteiger partial charge < -0.3 is 5.73 Å². The highest BCUT2D eigenvalue weighted by atomic mass is 32.2. The van der Waals surface area contributed by atoms with E-state index in [0.29, 0.717) is 30.3 Å². The summed E-state index contributed by atoms with van der Waals surface area (Å²) in [5.41, 5.74) is 7.41. The van der Waals surface area contributed by atoms with Gasteiger partial charge in [0.1, 0.15) is 0 Å². The number of sulfonamides is 1. The summed E-state index contributed by atoms with van der Waals surface area (Å²) < 4.78 is 27.8. The fraction of sp³-hybridized carbons (Fsp3) is 0.625. The van der Waals surface area contributed by atoms with Crippen LogP contribution in [0.2, 0.25) is 0 Å². The standard InChI is InChI=1S/C16H26N2O2S/c1-4-15-8-7-14(11-17)10-16(15)21(19,20)18-9-5-6-12(2)13(18)3/h7-8,10,12-13H,4-6,9,11,17H2,1-3H3. The molecular weight excluding hydrogens is 284 g/mol. The second-order valence-corrected chi connectivity index (χ2v) is 7.83. The Kier molecular flexibility index (Phi) is 5.07. The van der Waals surface area contributed by atoms with Gasteiger partial charge in [-0.2, -0.15) is 4.31 Å². The Hall–Kier alpha value is -0.910. The van der Waals surface area contributed by atoms with Crippen molar-refractivity contribution >= 4 is 10.0 Å². The number of piperidine rings is 1. The summed E-state index contributed by atoms with van der Waals surface area (Å²) in [5.74, 6) is 0.399. The van der Waals surface area contributed by atoms with Crippen molar-refractivity contribution in [2.45, 2.75) is 57.5 Å². The van der Waals surface area contributed by atoms with E-state index >= 15 is 0 Å². The first kappa shape index (κ1) is 16.5. The van der Waals surface area contributed by atoms with Gasteiger partial charge in [-0.3, -0.25) is 0 Å². The molecule has 2 unspecified atom stereocenters. The largest absolute Gasteiger partial charge is 0.326 e. The minimum atomic E-state index is -3.44. The van der Waals surface area contributed by atoms with Crippen LogP contribution in [0.15, 0.2) is 23.1 Å². The molecule has 4 nitrogen and oxygen atoms in total. The van der Waals surface area contributed by atoms with Gasteiger partial charge in [0.05, 0.1) is 4.90 Å². The molecule has 1 saturated heterocycles. The van der Waals surface area contributed by atoms with E-state index in [0.717, 1.165) is 24.0 Å². The first-order chi connectivity index (χ1) is 9.91. The first-order valence-electron chi connectivity index (χ1n) is 7.75. The van der Waals surface area contributed by atoms with E-state index in [-0.39, 0.29) is 6.04 Å². The van der Waals surface area contributed by atoms with E-state index in [2.05, 4.69) is 6.92 Å². The summed E-state index contributed by atoms with van der Waals surface area (Å²) in [5, 5.41) is 0. The molecule has 118 valence electrons. The lowest BCUT2D eigenvalue weighted by Gasteiger charge is -2.37. The van der Waals surface area contributed by atoms with Crippen molar-refractivity contribution in [2.75, 3.05) is 6.54 Å². The lowest BCUT2D eigenvalue weighted by atomic mass is 9.94. The van der Waals surface area contributed by atoms with Crippen LogP contribution in [0, 0.1) is 5.92 Å². The summed E-state index contributed by atoms with van der Waals surface area (Å²) in [6.45, 7) is 7.10. The van der Waals surface area contributed by atoms with Crippen molar-refractivity contribution in [3.05, 3.63) is 29.3 Å². The normalized spacial score (nSPS) is 24.2. The average Bonchev–Trinajstić information content (AvgIpc) is 2.49. The van der Waals surface area contributed by atoms with Gasteiger partial charge >= 0.3 is 0 Å². The zero-order valence-corrected chi connectivity index (χ0v) is 14.0. The lowest BCUT2D eigenvalue weighted by Crippen LogP contribution is -2.46. The van der Waals surface area contributed by atoms with E-state index in [9.17, 15) is 8.42 Å². The zero-order chi connectivity index (χ0) is 15.6. The summed E-state index contributed by atoms with van der Waals surface area (Å²) in [4.78, 5) is 0.439. The maximum atomic E-state index is 13.1. The van der Waals surface area contributed by atoms with Crippen molar-refractivity contribution in [1.82, 2.24) is 4.31 Å². The molecule has 1 aliphatic heterocycles. The van der Waals surface area contributed by atoms with Crippen molar-refractivity contribution in [1.29, 1.82) is 0 Å². The van der Waals surface area contributed by atoms with Crippen LogP contribution in [-0.2, 0) is 23.0 Å². The number of nitrogens with two attached hydrogens (primary N) is 1. The zero-order valence-electron chi connectivity index (χ0n) is 13.2. The third-order valence-electron chi connectivity index (χ3n) is 4.65. The van der Waals surface area contributed by atoms with Crippen LogP contribution in [-0.4, -0.2) is 25.3 Å². The number of nitrogens with zero attached hydrogens (tertiary/aromatic N) is 1. The summed E-state index contributed by atoms with van der Waals surface area (Å²) >= 11 is 0. The average molecular weight is 310 g/mol. The maximum absolute atomic E-state index is 13.1. The van der Waals surface area contributed by atoms with Gasteiger partial charge in [-0.1, -0.05) is 26.0 Å². The molecule has 0 saturated carbocycles. The van der Waals surface area contributed by atoms with Crippen LogP contribution < -0.4 is 5.73 Å². The highest BCUT2D eigenvalue weighted by Crippen LogP contribution is 2.30. The van der Waals surface area contributed by atoms with E-state index in [1.165, 1.54) is 0 Å². The Morgan fingerprint density at radius 2 is 2.05 bits per heavy atom. The third kappa shape index (κ3) is 3.15. The fourth-order valence-electron chi connectivity index (χ4n) is 3.02. The summed E-state index contributed by atoms with van der Waals surface area (Å²) in [6, 6.07) is 5.61. The predicted molar refractivity (Wildman–Crippen MR) is 85.5 cm³/mol. The minimum absolute atomic E-state index is 0.0509. The van der Waals surface area contributed by atoms with E-state index < -0.39 is 10.0 Å². The van der Waals surface area contributed by atoms with Crippen LogP contribution >= 0.6 is 0 Å². The maximum Gasteiger partial charge on any atom is 0.243 e. The van der Waals surface area contributed by atoms with Crippen LogP contribution in [0.1, 0.15) is 44.7 Å². The third-order valence-corrected chi connectivity index (χ3v) is 6.72. The Labute approximate surface area is 128 Å². The van der Waals surface area contributed by atoms with E-state index in [4.69, 9.17) is 5.73 Å². The Bertz CT molecular complexity index is 598. The number of hydrogen-bond donors (Lipinski definition) is 1. The molecule has 21 heavy (non-hydrogen) atoms. The van der Waals surface area contributed by atoms with Crippen LogP contribution in [0.25, 0.3) is 0 Å². The number of benzene rings is 1. The second-order valence-electron chi connectivity index (χ2n) is 5.98. The van der Waals surface area contributed by atoms with E-state index in [1.54, 1.807) is 10.4 Å². The van der Waals surface area contributed by atoms with Gasteiger partial charge in [-0.15, -0.1) is 0 Å². The topological polar surface area (TPSA) is 63.4 Å². The first-order valence-corrected chi connectivity index (χ1v) is 9.19. The summed E-state index contributed by atoms with van der Waals surface area (Å²) in [7, 11) is -3.44. The molecule has 0 aliphatic carbocycles. The van der Waals surface area contributed by atoms with Gasteiger partial charge in [0.25, 0.3) is 0 Å². The Balaban J connectivity index is 2.47. The molecule has 2 rings (SSSR count). The van der Waals surface area contributed by atoms with Gasteiger partial charge in [-0.25, -0.2) is 8.42 Å². The van der Waals surface area contributed by atoms with Crippen molar-refractivity contribution in [2.24, 2.45) is 11.7 Å². The molecular formula is C16H26N2O2S. The number of hydrogen-bond acceptors (Lipinski definition) is 3. The molecule has 2 N–H and O–H groups in total. The molecule has 0 spiro atoms. The van der Waals surface area contributed by atoms with E-state index in [1.807, 2.05) is 26.0 Å². The second kappa shape index (κ2) is 6.46. The molecule has 0 radical (unpaired) electrons. The van der Waals surface area contributed by atoms with Crippen molar-refractivity contribution in [3.63, 3.8) is 0 Å². The molecule has 2 atom stereocenters. The lowest BCUT2D eigenvalue weighted by molar-refractivity contribution is 0.202. The molecule has 1 aromatic rings. The van der Waals surface area contributed by atoms with Gasteiger partial charge in [0.2, 0.25) is 10.0 Å². The highest BCUT2D eigenvalue weighted by Gasteiger charge is 2.35. The van der Waals surface area contributed by atoms with Gasteiger partial charge in [0.15, 0.2) is 0 Å². The molecule has 0 amide bonds. The quantitative estimate of drug-likeness (QED) is 0.929. The number of rotatable bonds is 4. The molecule has 5 heteroatoms. The molecule has 1 aromatic carbocycles. The fourth-order valence-corrected chi connectivity index (χ4v) is 5.13. The highest BCUT2D eigenvalue weighted by molar-refractivity contribution is 7.89. The predicted octanol–water partition coefficient (Wildman–Crippen LogP) is 2.52. The molecule has 1 heterocycles. The smallest absolute Gasteiger partial charge is 0.243 e. The monoisotopic (exact) mass is 310 g/mol. The number of aryl methyl sites for hydroxylation is 1. The van der Waals surface area contributed by atoms with Crippen molar-refractivity contribution in [3.8, 4) is 0 Å². The van der Waals surface area contributed by atoms with Gasteiger partial charge in [-0.05, 0) is 49.3 Å². The minimum Gasteiger partial charge on any atom is -0.326 e. The molecule has 0 aromatic heterocycles. The van der Waals surface area contributed by atoms with Crippen LogP contribution in [0.5, 0.6) is 0 Å². The SMILES string of the molecule is CCc1ccc(CN)cc1S(=O)(=O)N1CCCC(C)C1C. The van der Waals surface area contributed by atoms with Crippen molar-refractivity contribution < 1.29 is 8.42 Å². The molecule has 0 bridgehead atoms. The molecule has 1 fully saturated rings. The Morgan fingerprint density at radius 1 is 1.33 bits per heavy atom. The van der Waals surface area contributed by atoms with Crippen LogP contribution in [0.4, 0.5) is 0 Å². The Morgan fingerprint density at radius 3 is 2.67 bits per heavy atom. The van der Waals surface area contributed by atoms with Crippen LogP contribution in [0.3, 0.4) is 0 Å². The molecule has 1 aliphatic rings. The van der Waals surface area contributed by atoms with Gasteiger partial charge in [0, 0.05) is 19.1 Å².